The normalized spacial score (nSPS) is 10.4. The van der Waals surface area contributed by atoms with E-state index in [1.165, 1.54) is 11.3 Å². The van der Waals surface area contributed by atoms with Gasteiger partial charge < -0.3 is 14.8 Å². The standard InChI is InChI=1S/C23H20INO5S/c1-3-29-23(28)20-17(15-10-8-14(2)9-11-15)13-31-21(20)25-19(26)12-30-22(27)16-6-4-5-7-18(16)24/h4-11,13H,3,12H2,1-2H3,(H,25,26). The van der Waals surface area contributed by atoms with Crippen LogP contribution in [0.25, 0.3) is 11.1 Å². The van der Waals surface area contributed by atoms with E-state index in [0.717, 1.165) is 14.7 Å². The van der Waals surface area contributed by atoms with E-state index in [4.69, 9.17) is 9.47 Å². The highest BCUT2D eigenvalue weighted by Gasteiger charge is 2.23. The van der Waals surface area contributed by atoms with Crippen molar-refractivity contribution in [1.29, 1.82) is 0 Å². The molecule has 6 nitrogen and oxygen atoms in total. The molecule has 8 heteroatoms. The second kappa shape index (κ2) is 10.5. The minimum atomic E-state index is -0.586. The van der Waals surface area contributed by atoms with Crippen molar-refractivity contribution in [3.63, 3.8) is 0 Å². The lowest BCUT2D eigenvalue weighted by molar-refractivity contribution is -0.119. The first kappa shape index (κ1) is 23.0. The van der Waals surface area contributed by atoms with Crippen molar-refractivity contribution in [3.8, 4) is 11.1 Å². The van der Waals surface area contributed by atoms with Gasteiger partial charge in [-0.05, 0) is 54.1 Å². The van der Waals surface area contributed by atoms with E-state index in [1.54, 1.807) is 30.5 Å². The molecule has 1 N–H and O–H groups in total. The zero-order chi connectivity index (χ0) is 22.4. The smallest absolute Gasteiger partial charge is 0.341 e. The Kier molecular flexibility index (Phi) is 7.80. The molecule has 3 rings (SSSR count). The molecular formula is C23H20INO5S. The minimum Gasteiger partial charge on any atom is -0.462 e. The number of carbonyl (C=O) groups is 3. The van der Waals surface area contributed by atoms with Crippen molar-refractivity contribution in [2.75, 3.05) is 18.5 Å². The molecule has 1 aromatic heterocycles. The number of carbonyl (C=O) groups excluding carboxylic acids is 3. The van der Waals surface area contributed by atoms with Gasteiger partial charge in [-0.3, -0.25) is 4.79 Å². The van der Waals surface area contributed by atoms with E-state index in [1.807, 2.05) is 59.8 Å². The molecule has 0 aliphatic heterocycles. The SMILES string of the molecule is CCOC(=O)c1c(-c2ccc(C)cc2)csc1NC(=O)COC(=O)c1ccccc1I. The average Bonchev–Trinajstić information content (AvgIpc) is 3.16. The minimum absolute atomic E-state index is 0.211. The fraction of sp³-hybridized carbons (Fsp3) is 0.174. The number of anilines is 1. The fourth-order valence-electron chi connectivity index (χ4n) is 2.80. The molecule has 2 aromatic carbocycles. The Labute approximate surface area is 197 Å². The van der Waals surface area contributed by atoms with Crippen molar-refractivity contribution in [1.82, 2.24) is 0 Å². The molecule has 0 aliphatic rings. The van der Waals surface area contributed by atoms with Crippen molar-refractivity contribution in [2.24, 2.45) is 0 Å². The molecule has 3 aromatic rings. The van der Waals surface area contributed by atoms with E-state index in [2.05, 4.69) is 5.32 Å². The second-order valence-corrected chi connectivity index (χ2v) is 8.59. The van der Waals surface area contributed by atoms with Crippen LogP contribution in [0.4, 0.5) is 5.00 Å². The molecule has 0 radical (unpaired) electrons. The predicted molar refractivity (Wildman–Crippen MR) is 129 cm³/mol. The van der Waals surface area contributed by atoms with Crippen molar-refractivity contribution in [3.05, 3.63) is 74.2 Å². The van der Waals surface area contributed by atoms with E-state index < -0.39 is 24.5 Å². The molecule has 0 unspecified atom stereocenters. The fourth-order valence-corrected chi connectivity index (χ4v) is 4.38. The third kappa shape index (κ3) is 5.71. The van der Waals surface area contributed by atoms with Crippen LogP contribution in [0.2, 0.25) is 0 Å². The number of hydrogen-bond acceptors (Lipinski definition) is 6. The van der Waals surface area contributed by atoms with E-state index in [0.29, 0.717) is 16.1 Å². The summed E-state index contributed by atoms with van der Waals surface area (Å²) >= 11 is 3.25. The zero-order valence-corrected chi connectivity index (χ0v) is 19.9. The summed E-state index contributed by atoms with van der Waals surface area (Å²) in [4.78, 5) is 37.2. The van der Waals surface area contributed by atoms with Crippen LogP contribution in [0.15, 0.2) is 53.9 Å². The van der Waals surface area contributed by atoms with Gasteiger partial charge in [0.1, 0.15) is 10.6 Å². The summed E-state index contributed by atoms with van der Waals surface area (Å²) in [5.74, 6) is -1.65. The van der Waals surface area contributed by atoms with Crippen molar-refractivity contribution < 1.29 is 23.9 Å². The lowest BCUT2D eigenvalue weighted by Gasteiger charge is -2.10. The topological polar surface area (TPSA) is 81.7 Å². The summed E-state index contributed by atoms with van der Waals surface area (Å²) in [7, 11) is 0. The molecule has 0 saturated carbocycles. The molecular weight excluding hydrogens is 529 g/mol. The molecule has 31 heavy (non-hydrogen) atoms. The Balaban J connectivity index is 1.76. The molecule has 0 aliphatic carbocycles. The van der Waals surface area contributed by atoms with Crippen molar-refractivity contribution in [2.45, 2.75) is 13.8 Å². The third-order valence-electron chi connectivity index (χ3n) is 4.31. The first-order chi connectivity index (χ1) is 14.9. The molecule has 0 fully saturated rings. The maximum absolute atomic E-state index is 12.6. The van der Waals surface area contributed by atoms with Gasteiger partial charge in [-0.2, -0.15) is 0 Å². The number of halogens is 1. The summed E-state index contributed by atoms with van der Waals surface area (Å²) in [5, 5.41) is 4.82. The molecule has 0 spiro atoms. The summed E-state index contributed by atoms with van der Waals surface area (Å²) in [5.41, 5.74) is 3.29. The third-order valence-corrected chi connectivity index (χ3v) is 6.15. The highest BCUT2D eigenvalue weighted by molar-refractivity contribution is 14.1. The van der Waals surface area contributed by atoms with Gasteiger partial charge in [0.2, 0.25) is 0 Å². The first-order valence-electron chi connectivity index (χ1n) is 9.47. The first-order valence-corrected chi connectivity index (χ1v) is 11.4. The van der Waals surface area contributed by atoms with Gasteiger partial charge in [0.15, 0.2) is 6.61 Å². The van der Waals surface area contributed by atoms with E-state index in [-0.39, 0.29) is 12.2 Å². The number of rotatable bonds is 7. The van der Waals surface area contributed by atoms with Gasteiger partial charge in [0.05, 0.1) is 12.2 Å². The monoisotopic (exact) mass is 549 g/mol. The molecule has 1 heterocycles. The Bertz CT molecular complexity index is 1110. The maximum atomic E-state index is 12.6. The molecule has 0 atom stereocenters. The van der Waals surface area contributed by atoms with Crippen LogP contribution < -0.4 is 5.32 Å². The number of ether oxygens (including phenoxy) is 2. The number of aryl methyl sites for hydroxylation is 1. The summed E-state index contributed by atoms with van der Waals surface area (Å²) < 4.78 is 11.1. The van der Waals surface area contributed by atoms with Crippen LogP contribution in [0, 0.1) is 10.5 Å². The van der Waals surface area contributed by atoms with E-state index >= 15 is 0 Å². The van der Waals surface area contributed by atoms with Gasteiger partial charge in [0, 0.05) is 14.5 Å². The molecule has 0 saturated heterocycles. The maximum Gasteiger partial charge on any atom is 0.341 e. The summed E-state index contributed by atoms with van der Waals surface area (Å²) in [6.07, 6.45) is 0. The molecule has 1 amide bonds. The zero-order valence-electron chi connectivity index (χ0n) is 16.9. The number of thiophene rings is 1. The van der Waals surface area contributed by atoms with Crippen LogP contribution in [0.3, 0.4) is 0 Å². The highest BCUT2D eigenvalue weighted by atomic mass is 127. The van der Waals surface area contributed by atoms with Crippen LogP contribution in [0.5, 0.6) is 0 Å². The Morgan fingerprint density at radius 1 is 1.00 bits per heavy atom. The van der Waals surface area contributed by atoms with Crippen LogP contribution in [-0.4, -0.2) is 31.1 Å². The largest absolute Gasteiger partial charge is 0.462 e. The number of hydrogen-bond donors (Lipinski definition) is 1. The Hall–Kier alpha value is -2.72. The second-order valence-electron chi connectivity index (χ2n) is 6.54. The molecule has 0 bridgehead atoms. The van der Waals surface area contributed by atoms with Gasteiger partial charge in [-0.25, -0.2) is 9.59 Å². The number of esters is 2. The van der Waals surface area contributed by atoms with Crippen LogP contribution >= 0.6 is 33.9 Å². The number of nitrogens with one attached hydrogen (secondary N) is 1. The summed E-state index contributed by atoms with van der Waals surface area (Å²) in [6.45, 7) is 3.44. The highest BCUT2D eigenvalue weighted by Crippen LogP contribution is 2.36. The van der Waals surface area contributed by atoms with Gasteiger partial charge in [-0.15, -0.1) is 11.3 Å². The van der Waals surface area contributed by atoms with E-state index in [9.17, 15) is 14.4 Å². The lowest BCUT2D eigenvalue weighted by Crippen LogP contribution is -2.22. The Morgan fingerprint density at radius 2 is 1.71 bits per heavy atom. The van der Waals surface area contributed by atoms with Crippen LogP contribution in [-0.2, 0) is 14.3 Å². The molecule has 160 valence electrons. The number of amides is 1. The summed E-state index contributed by atoms with van der Waals surface area (Å²) in [6, 6.07) is 14.7. The predicted octanol–water partition coefficient (Wildman–Crippen LogP) is 5.30. The quantitative estimate of drug-likeness (QED) is 0.320. The number of benzene rings is 2. The average molecular weight is 549 g/mol. The van der Waals surface area contributed by atoms with Gasteiger partial charge in [-0.1, -0.05) is 42.0 Å². The van der Waals surface area contributed by atoms with Gasteiger partial charge >= 0.3 is 11.9 Å². The van der Waals surface area contributed by atoms with Gasteiger partial charge in [0.25, 0.3) is 5.91 Å². The van der Waals surface area contributed by atoms with Crippen molar-refractivity contribution >= 4 is 56.8 Å². The lowest BCUT2D eigenvalue weighted by atomic mass is 10.0. The Morgan fingerprint density at radius 3 is 2.39 bits per heavy atom. The van der Waals surface area contributed by atoms with Crippen LogP contribution in [0.1, 0.15) is 33.2 Å².